The number of nitrogens with zero attached hydrogens (tertiary/aromatic N) is 2. The van der Waals surface area contributed by atoms with E-state index >= 15 is 0 Å². The molecule has 318 valence electrons. The molecule has 3 heterocycles. The molecule has 0 spiro atoms. The number of aliphatic hydroxyl groups excluding tert-OH is 1. The zero-order valence-electron chi connectivity index (χ0n) is 34.4. The van der Waals surface area contributed by atoms with E-state index in [1.807, 2.05) is 115 Å². The summed E-state index contributed by atoms with van der Waals surface area (Å²) in [5.74, 6) is -0.432. The number of aryl methyl sites for hydroxylation is 1. The number of piperidine rings is 1. The van der Waals surface area contributed by atoms with Crippen LogP contribution >= 0.6 is 0 Å². The summed E-state index contributed by atoms with van der Waals surface area (Å²) in [6.45, 7) is 6.53. The van der Waals surface area contributed by atoms with Crippen molar-refractivity contribution in [2.75, 3.05) is 19.6 Å². The van der Waals surface area contributed by atoms with E-state index < -0.39 is 28.3 Å². The van der Waals surface area contributed by atoms with Gasteiger partial charge in [0, 0.05) is 43.7 Å². The van der Waals surface area contributed by atoms with Crippen LogP contribution < -0.4 is 15.7 Å². The van der Waals surface area contributed by atoms with Gasteiger partial charge in [-0.3, -0.25) is 9.36 Å². The van der Waals surface area contributed by atoms with Gasteiger partial charge in [-0.1, -0.05) is 116 Å². The van der Waals surface area contributed by atoms with Crippen molar-refractivity contribution >= 4 is 27.0 Å². The maximum atomic E-state index is 13.7. The number of carbonyl (C=O) groups excluding carboxylic acids is 1. The van der Waals surface area contributed by atoms with Crippen LogP contribution in [0.1, 0.15) is 71.6 Å². The zero-order valence-corrected chi connectivity index (χ0v) is 35.3. The molecule has 0 radical (unpaired) electrons. The highest BCUT2D eigenvalue weighted by Crippen LogP contribution is 2.42. The predicted molar refractivity (Wildman–Crippen MR) is 234 cm³/mol. The van der Waals surface area contributed by atoms with Gasteiger partial charge in [0.1, 0.15) is 6.04 Å². The third kappa shape index (κ3) is 9.88. The van der Waals surface area contributed by atoms with Crippen LogP contribution in [-0.2, 0) is 43.9 Å². The lowest BCUT2D eigenvalue weighted by Gasteiger charge is -2.44. The molecule has 0 saturated carbocycles. The minimum atomic E-state index is -3.98. The van der Waals surface area contributed by atoms with Gasteiger partial charge in [-0.15, -0.1) is 0 Å². The molecule has 2 aliphatic rings. The quantitative estimate of drug-likeness (QED) is 0.0975. The summed E-state index contributed by atoms with van der Waals surface area (Å²) < 4.78 is 44.8. The van der Waals surface area contributed by atoms with Gasteiger partial charge in [0.25, 0.3) is 0 Å². The molecule has 4 N–H and O–H groups in total. The molecule has 12 nitrogen and oxygen atoms in total. The first-order valence-corrected chi connectivity index (χ1v) is 22.4. The number of rotatable bonds is 14. The second kappa shape index (κ2) is 18.7. The van der Waals surface area contributed by atoms with Crippen molar-refractivity contribution in [2.24, 2.45) is 5.92 Å². The van der Waals surface area contributed by atoms with Crippen molar-refractivity contribution in [1.29, 1.82) is 0 Å². The number of hydrogen-bond donors (Lipinski definition) is 4. The van der Waals surface area contributed by atoms with Gasteiger partial charge < -0.3 is 29.8 Å². The Morgan fingerprint density at radius 2 is 1.48 bits per heavy atom. The highest BCUT2D eigenvalue weighted by Gasteiger charge is 2.40. The third-order valence-electron chi connectivity index (χ3n) is 12.1. The van der Waals surface area contributed by atoms with Gasteiger partial charge in [0.2, 0.25) is 15.9 Å². The van der Waals surface area contributed by atoms with Crippen LogP contribution in [0.4, 0.5) is 0 Å². The second-order valence-electron chi connectivity index (χ2n) is 16.3. The molecule has 1 amide bonds. The van der Waals surface area contributed by atoms with Crippen molar-refractivity contribution in [3.63, 3.8) is 0 Å². The van der Waals surface area contributed by atoms with Gasteiger partial charge in [0.05, 0.1) is 34.7 Å². The Labute approximate surface area is 356 Å². The van der Waals surface area contributed by atoms with Crippen LogP contribution in [0.3, 0.4) is 0 Å². The number of aromatic amines is 1. The van der Waals surface area contributed by atoms with Crippen LogP contribution in [0.5, 0.6) is 0 Å². The Morgan fingerprint density at radius 3 is 2.18 bits per heavy atom. The number of para-hydroxylation sites is 2. The van der Waals surface area contributed by atoms with E-state index in [9.17, 15) is 23.1 Å². The van der Waals surface area contributed by atoms with Crippen LogP contribution in [-0.4, -0.2) is 65.7 Å². The molecule has 2 saturated heterocycles. The molecule has 1 aromatic heterocycles. The van der Waals surface area contributed by atoms with E-state index in [0.717, 1.165) is 70.3 Å². The Bertz CT molecular complexity index is 2570. The average molecular weight is 844 g/mol. The minimum Gasteiger partial charge on any atom is -0.392 e. The van der Waals surface area contributed by atoms with Gasteiger partial charge in [-0.2, -0.15) is 4.72 Å². The predicted octanol–water partition coefficient (Wildman–Crippen LogP) is 6.46. The number of sulfonamides is 1. The summed E-state index contributed by atoms with van der Waals surface area (Å²) in [5, 5.41) is 12.6. The standard InChI is InChI=1S/C48H53N5O7S/c1-32-12-22-40(23-13-32)61(57,58)51-42(28-34-8-4-3-5-9-34)46(55)49-29-35-14-20-38(21-15-35)47-59-44(33(2)45(60-47)37-18-16-36(31-54)17-19-37)30-52-26-24-39(25-27-52)53-43-11-7-6-10-41(43)50-48(53)56/h3-23,33,39,42,44-45,47,51,54H,24-31H2,1-2H3,(H,49,55)(H,50,56)/t33-,42-,44+,45+,47+/m1/s1. The van der Waals surface area contributed by atoms with Crippen LogP contribution in [0, 0.1) is 12.8 Å². The fraction of sp³-hybridized carbons (Fsp3) is 0.333. The topological polar surface area (TPSA) is 155 Å². The van der Waals surface area contributed by atoms with E-state index in [4.69, 9.17) is 9.47 Å². The largest absolute Gasteiger partial charge is 0.392 e. The van der Waals surface area contributed by atoms with E-state index in [-0.39, 0.29) is 54.3 Å². The summed E-state index contributed by atoms with van der Waals surface area (Å²) in [7, 11) is -3.98. The molecule has 0 unspecified atom stereocenters. The van der Waals surface area contributed by atoms with Crippen molar-refractivity contribution in [3.8, 4) is 0 Å². The number of fused-ring (bicyclic) bond motifs is 1. The second-order valence-corrected chi connectivity index (χ2v) is 18.0. The number of H-pyrrole nitrogens is 1. The van der Waals surface area contributed by atoms with Crippen molar-refractivity contribution in [2.45, 2.75) is 81.7 Å². The molecule has 5 aromatic carbocycles. The fourth-order valence-electron chi connectivity index (χ4n) is 8.49. The summed E-state index contributed by atoms with van der Waals surface area (Å²) in [5.41, 5.74) is 6.96. The Hall–Kier alpha value is -5.41. The Kier molecular flexibility index (Phi) is 13.0. The normalized spacial score (nSPS) is 20.7. The van der Waals surface area contributed by atoms with Gasteiger partial charge in [-0.25, -0.2) is 13.2 Å². The van der Waals surface area contributed by atoms with Gasteiger partial charge in [-0.05, 0) is 72.7 Å². The maximum Gasteiger partial charge on any atom is 0.326 e. The Balaban J connectivity index is 0.947. The first-order valence-electron chi connectivity index (χ1n) is 21.0. The monoisotopic (exact) mass is 843 g/mol. The van der Waals surface area contributed by atoms with Crippen LogP contribution in [0.15, 0.2) is 137 Å². The number of aliphatic hydroxyl groups is 1. The molecule has 61 heavy (non-hydrogen) atoms. The van der Waals surface area contributed by atoms with Gasteiger partial charge >= 0.3 is 5.69 Å². The fourth-order valence-corrected chi connectivity index (χ4v) is 9.69. The number of ether oxygens (including phenoxy) is 2. The summed E-state index contributed by atoms with van der Waals surface area (Å²) >= 11 is 0. The SMILES string of the molecule is Cc1ccc(S(=O)(=O)N[C@H](Cc2ccccc2)C(=O)NCc2ccc([C@H]3O[C@@H](CN4CCC(n5c(=O)[nH]c6ccccc65)CC4)[C@@H](C)[C@@H](c4ccc(CO)cc4)O3)cc2)cc1. The van der Waals surface area contributed by atoms with Crippen LogP contribution in [0.2, 0.25) is 0 Å². The third-order valence-corrected chi connectivity index (χ3v) is 13.5. The molecular weight excluding hydrogens is 791 g/mol. The summed E-state index contributed by atoms with van der Waals surface area (Å²) in [6.07, 6.45) is 0.761. The number of aromatic nitrogens is 2. The summed E-state index contributed by atoms with van der Waals surface area (Å²) in [4.78, 5) is 32.1. The van der Waals surface area contributed by atoms with E-state index in [0.29, 0.717) is 6.54 Å². The zero-order chi connectivity index (χ0) is 42.5. The molecule has 5 atom stereocenters. The van der Waals surface area contributed by atoms with E-state index in [1.165, 1.54) is 12.1 Å². The number of imidazole rings is 1. The van der Waals surface area contributed by atoms with Crippen LogP contribution in [0.25, 0.3) is 11.0 Å². The molecule has 2 fully saturated rings. The highest BCUT2D eigenvalue weighted by molar-refractivity contribution is 7.89. The first kappa shape index (κ1) is 42.3. The molecule has 6 aromatic rings. The smallest absolute Gasteiger partial charge is 0.326 e. The molecule has 2 aliphatic heterocycles. The molecular formula is C48H53N5O7S. The summed E-state index contributed by atoms with van der Waals surface area (Å²) in [6, 6.07) is 38.3. The highest BCUT2D eigenvalue weighted by atomic mass is 32.2. The Morgan fingerprint density at radius 1 is 0.820 bits per heavy atom. The molecule has 8 rings (SSSR count). The maximum absolute atomic E-state index is 13.7. The minimum absolute atomic E-state index is 0.00642. The van der Waals surface area contributed by atoms with Crippen molar-refractivity contribution < 1.29 is 27.8 Å². The number of carbonyl (C=O) groups is 1. The van der Waals surface area contributed by atoms with Crippen molar-refractivity contribution in [3.05, 3.63) is 171 Å². The number of benzene rings is 5. The lowest BCUT2D eigenvalue weighted by molar-refractivity contribution is -0.276. The van der Waals surface area contributed by atoms with Gasteiger partial charge in [0.15, 0.2) is 6.29 Å². The molecule has 0 aliphatic carbocycles. The lowest BCUT2D eigenvalue weighted by Crippen LogP contribution is -2.47. The van der Waals surface area contributed by atoms with Crippen molar-refractivity contribution in [1.82, 2.24) is 24.5 Å². The number of likely N-dealkylation sites (tertiary alicyclic amines) is 1. The molecule has 0 bridgehead atoms. The lowest BCUT2D eigenvalue weighted by atomic mass is 9.89. The number of amides is 1. The molecule has 13 heteroatoms. The van der Waals surface area contributed by atoms with E-state index in [2.05, 4.69) is 26.8 Å². The first-order chi connectivity index (χ1) is 29.5. The average Bonchev–Trinajstić information content (AvgIpc) is 3.62. The number of hydrogen-bond acceptors (Lipinski definition) is 8. The van der Waals surface area contributed by atoms with E-state index in [1.54, 1.807) is 12.1 Å². The number of nitrogens with one attached hydrogen (secondary N) is 3.